The molecule has 0 bridgehead atoms. The Kier molecular flexibility index (Phi) is 7.28. The van der Waals surface area contributed by atoms with E-state index in [1.54, 1.807) is 59.3 Å². The fourth-order valence-corrected chi connectivity index (χ4v) is 5.54. The van der Waals surface area contributed by atoms with Gasteiger partial charge in [-0.05, 0) is 48.2 Å². The molecule has 2 aliphatic rings. The number of rotatable bonds is 8. The van der Waals surface area contributed by atoms with Crippen LogP contribution in [0.15, 0.2) is 77.8 Å². The average molecular weight is 585 g/mol. The summed E-state index contributed by atoms with van der Waals surface area (Å²) in [6, 6.07) is 19.5. The molecular formula is C30H24N4O7S. The Morgan fingerprint density at radius 2 is 1.71 bits per heavy atom. The Bertz CT molecular complexity index is 1780. The third-order valence-electron chi connectivity index (χ3n) is 6.63. The maximum Gasteiger partial charge on any atom is 0.294 e. The molecule has 212 valence electrons. The summed E-state index contributed by atoms with van der Waals surface area (Å²) in [4.78, 5) is 52.5. The van der Waals surface area contributed by atoms with Crippen LogP contribution in [0.5, 0.6) is 17.2 Å². The molecule has 2 aliphatic heterocycles. The highest BCUT2D eigenvalue weighted by Gasteiger charge is 2.36. The van der Waals surface area contributed by atoms with Gasteiger partial charge in [0.2, 0.25) is 18.6 Å². The van der Waals surface area contributed by atoms with Crippen molar-refractivity contribution in [3.63, 3.8) is 0 Å². The van der Waals surface area contributed by atoms with Crippen LogP contribution in [0.4, 0.5) is 16.2 Å². The van der Waals surface area contributed by atoms with Crippen LogP contribution in [-0.2, 0) is 20.9 Å². The summed E-state index contributed by atoms with van der Waals surface area (Å²) in [5, 5.41) is 5.79. The number of nitrogens with zero attached hydrogens (tertiary/aromatic N) is 2. The van der Waals surface area contributed by atoms with E-state index in [0.717, 1.165) is 27.6 Å². The summed E-state index contributed by atoms with van der Waals surface area (Å²) in [7, 11) is 1.48. The first-order valence-electron chi connectivity index (χ1n) is 12.9. The van der Waals surface area contributed by atoms with Crippen molar-refractivity contribution >= 4 is 63.1 Å². The van der Waals surface area contributed by atoms with Crippen LogP contribution in [0.3, 0.4) is 0 Å². The molecule has 11 nitrogen and oxygen atoms in total. The number of methoxy groups -OCH3 is 1. The number of aromatic nitrogens is 1. The molecule has 6 rings (SSSR count). The topological polar surface area (TPSA) is 128 Å². The summed E-state index contributed by atoms with van der Waals surface area (Å²) in [5.41, 5.74) is 2.44. The molecule has 0 saturated carbocycles. The monoisotopic (exact) mass is 584 g/mol. The number of fused-ring (bicyclic) bond motifs is 2. The molecule has 0 atom stereocenters. The molecule has 42 heavy (non-hydrogen) atoms. The van der Waals surface area contributed by atoms with Crippen LogP contribution in [0.1, 0.15) is 5.56 Å². The van der Waals surface area contributed by atoms with Crippen molar-refractivity contribution in [3.05, 3.63) is 83.4 Å². The number of hydrogen-bond donors (Lipinski definition) is 2. The third-order valence-corrected chi connectivity index (χ3v) is 7.54. The van der Waals surface area contributed by atoms with Crippen molar-refractivity contribution in [1.82, 2.24) is 9.47 Å². The molecule has 2 N–H and O–H groups in total. The Morgan fingerprint density at radius 3 is 2.57 bits per heavy atom. The van der Waals surface area contributed by atoms with E-state index in [2.05, 4.69) is 10.6 Å². The number of anilines is 2. The van der Waals surface area contributed by atoms with Crippen molar-refractivity contribution in [2.75, 3.05) is 31.1 Å². The molecule has 0 spiro atoms. The van der Waals surface area contributed by atoms with Crippen molar-refractivity contribution in [3.8, 4) is 17.2 Å². The Morgan fingerprint density at radius 1 is 0.952 bits per heavy atom. The lowest BCUT2D eigenvalue weighted by Gasteiger charge is -2.14. The van der Waals surface area contributed by atoms with Gasteiger partial charge in [-0.3, -0.25) is 24.1 Å². The highest BCUT2D eigenvalue weighted by molar-refractivity contribution is 8.18. The fraction of sp³-hybridized carbons (Fsp3) is 0.133. The van der Waals surface area contributed by atoms with Gasteiger partial charge in [-0.25, -0.2) is 0 Å². The van der Waals surface area contributed by atoms with E-state index in [-0.39, 0.29) is 24.2 Å². The number of para-hydroxylation sites is 3. The van der Waals surface area contributed by atoms with Crippen molar-refractivity contribution < 1.29 is 33.4 Å². The van der Waals surface area contributed by atoms with Gasteiger partial charge >= 0.3 is 0 Å². The molecular weight excluding hydrogens is 560 g/mol. The number of carbonyl (C=O) groups excluding carboxylic acids is 4. The van der Waals surface area contributed by atoms with Crippen LogP contribution in [-0.4, -0.2) is 52.9 Å². The lowest BCUT2D eigenvalue weighted by atomic mass is 10.1. The minimum Gasteiger partial charge on any atom is -0.495 e. The fourth-order valence-electron chi connectivity index (χ4n) is 4.71. The normalized spacial score (nSPS) is 15.0. The van der Waals surface area contributed by atoms with E-state index in [9.17, 15) is 19.2 Å². The van der Waals surface area contributed by atoms with Gasteiger partial charge in [-0.15, -0.1) is 0 Å². The zero-order valence-corrected chi connectivity index (χ0v) is 23.1. The van der Waals surface area contributed by atoms with Crippen LogP contribution in [0.25, 0.3) is 17.0 Å². The zero-order valence-electron chi connectivity index (χ0n) is 22.3. The Labute approximate surface area is 244 Å². The van der Waals surface area contributed by atoms with Crippen LogP contribution < -0.4 is 24.8 Å². The second kappa shape index (κ2) is 11.3. The highest BCUT2D eigenvalue weighted by Crippen LogP contribution is 2.35. The standard InChI is InChI=1S/C30H24N4O7S/c1-39-23-9-5-3-7-21(23)32-28(36)16-34-29(37)26(42-30(34)38)12-18-14-33(22-8-4-2-6-20(18)22)15-27(35)31-19-10-11-24-25(13-19)41-17-40-24/h2-14H,15-17H2,1H3,(H,31,35)(H,32,36)/b26-12-. The SMILES string of the molecule is COc1ccccc1NC(=O)CN1C(=O)S/C(=C\c2cn(CC(=O)Nc3ccc4c(c3)OCO4)c3ccccc23)C1=O. The van der Waals surface area contributed by atoms with Crippen LogP contribution >= 0.6 is 11.8 Å². The van der Waals surface area contributed by atoms with Gasteiger partial charge in [-0.2, -0.15) is 0 Å². The predicted molar refractivity (Wildman–Crippen MR) is 157 cm³/mol. The second-order valence-electron chi connectivity index (χ2n) is 9.36. The number of amides is 4. The summed E-state index contributed by atoms with van der Waals surface area (Å²) in [5.74, 6) is 0.275. The highest BCUT2D eigenvalue weighted by atomic mass is 32.2. The largest absolute Gasteiger partial charge is 0.495 e. The number of nitrogens with one attached hydrogen (secondary N) is 2. The lowest BCUT2D eigenvalue weighted by molar-refractivity contribution is -0.127. The summed E-state index contributed by atoms with van der Waals surface area (Å²) >= 11 is 0.759. The number of carbonyl (C=O) groups is 4. The molecule has 4 aromatic rings. The molecule has 3 aromatic carbocycles. The van der Waals surface area contributed by atoms with E-state index in [1.807, 2.05) is 24.3 Å². The van der Waals surface area contributed by atoms with Gasteiger partial charge in [0.15, 0.2) is 11.5 Å². The van der Waals surface area contributed by atoms with Gasteiger partial charge in [0.1, 0.15) is 18.8 Å². The van der Waals surface area contributed by atoms with Gasteiger partial charge in [0.25, 0.3) is 11.1 Å². The summed E-state index contributed by atoms with van der Waals surface area (Å²) in [6.07, 6.45) is 3.36. The van der Waals surface area contributed by atoms with Gasteiger partial charge in [-0.1, -0.05) is 30.3 Å². The minimum atomic E-state index is -0.572. The van der Waals surface area contributed by atoms with Crippen molar-refractivity contribution in [1.29, 1.82) is 0 Å². The van der Waals surface area contributed by atoms with E-state index in [4.69, 9.17) is 14.2 Å². The summed E-state index contributed by atoms with van der Waals surface area (Å²) < 4.78 is 17.7. The first kappa shape index (κ1) is 27.0. The minimum absolute atomic E-state index is 0.00733. The molecule has 12 heteroatoms. The number of benzene rings is 3. The first-order chi connectivity index (χ1) is 20.4. The van der Waals surface area contributed by atoms with E-state index >= 15 is 0 Å². The first-order valence-corrected chi connectivity index (χ1v) is 13.7. The molecule has 0 radical (unpaired) electrons. The van der Waals surface area contributed by atoms with Gasteiger partial charge < -0.3 is 29.4 Å². The van der Waals surface area contributed by atoms with Crippen LogP contribution in [0, 0.1) is 0 Å². The predicted octanol–water partition coefficient (Wildman–Crippen LogP) is 4.69. The molecule has 1 saturated heterocycles. The molecule has 1 fully saturated rings. The maximum absolute atomic E-state index is 13.2. The van der Waals surface area contributed by atoms with Crippen molar-refractivity contribution in [2.45, 2.75) is 6.54 Å². The lowest BCUT2D eigenvalue weighted by Crippen LogP contribution is -2.36. The van der Waals surface area contributed by atoms with Crippen molar-refractivity contribution in [2.24, 2.45) is 0 Å². The molecule has 0 aliphatic carbocycles. The third kappa shape index (κ3) is 5.39. The Balaban J connectivity index is 1.18. The average Bonchev–Trinajstić information content (AvgIpc) is 3.66. The van der Waals surface area contributed by atoms with E-state index < -0.39 is 23.6 Å². The number of thioether (sulfide) groups is 1. The number of imide groups is 1. The van der Waals surface area contributed by atoms with Gasteiger partial charge in [0.05, 0.1) is 17.7 Å². The molecule has 4 amide bonds. The van der Waals surface area contributed by atoms with Crippen LogP contribution in [0.2, 0.25) is 0 Å². The summed E-state index contributed by atoms with van der Waals surface area (Å²) in [6.45, 7) is -0.296. The number of ether oxygens (including phenoxy) is 3. The second-order valence-corrected chi connectivity index (χ2v) is 10.4. The molecule has 0 unspecified atom stereocenters. The molecule has 3 heterocycles. The van der Waals surface area contributed by atoms with Gasteiger partial charge in [0, 0.05) is 34.4 Å². The molecule has 1 aromatic heterocycles. The number of hydrogen-bond acceptors (Lipinski definition) is 8. The zero-order chi connectivity index (χ0) is 29.2. The smallest absolute Gasteiger partial charge is 0.294 e. The van der Waals surface area contributed by atoms with E-state index in [0.29, 0.717) is 34.2 Å². The quantitative estimate of drug-likeness (QED) is 0.286. The Hall–Kier alpha value is -5.23. The van der Waals surface area contributed by atoms with E-state index in [1.165, 1.54) is 7.11 Å². The maximum atomic E-state index is 13.2.